The Kier molecular flexibility index (Phi) is 3.99. The van der Waals surface area contributed by atoms with Crippen LogP contribution < -0.4 is 4.90 Å². The molecule has 0 aliphatic carbocycles. The molecule has 0 amide bonds. The molecule has 7 heteroatoms. The number of benzene rings is 1. The standard InChI is InChI=1S/C13H16FNO4S/c1-20(18,19)9-5-6-11(10(14)8-9)15-7-3-2-4-12(15)13(16)17/h5-6,8,12H,2-4,7H2,1H3,(H,16,17). The Labute approximate surface area is 116 Å². The third kappa shape index (κ3) is 2.92. The number of nitrogens with zero attached hydrogens (tertiary/aromatic N) is 1. The summed E-state index contributed by atoms with van der Waals surface area (Å²) in [5.74, 6) is -1.70. The van der Waals surface area contributed by atoms with E-state index >= 15 is 0 Å². The lowest BCUT2D eigenvalue weighted by atomic mass is 10.0. The minimum absolute atomic E-state index is 0.109. The van der Waals surface area contributed by atoms with Crippen LogP contribution in [0.3, 0.4) is 0 Å². The molecule has 1 aliphatic heterocycles. The van der Waals surface area contributed by atoms with Gasteiger partial charge in [0.25, 0.3) is 0 Å². The van der Waals surface area contributed by atoms with Gasteiger partial charge in [-0.15, -0.1) is 0 Å². The lowest BCUT2D eigenvalue weighted by molar-refractivity contribution is -0.139. The molecule has 20 heavy (non-hydrogen) atoms. The number of piperidine rings is 1. The van der Waals surface area contributed by atoms with Crippen molar-refractivity contribution in [3.63, 3.8) is 0 Å². The van der Waals surface area contributed by atoms with Crippen LogP contribution in [0.15, 0.2) is 23.1 Å². The number of halogens is 1. The molecule has 1 N–H and O–H groups in total. The molecule has 1 aliphatic rings. The van der Waals surface area contributed by atoms with Gasteiger partial charge in [-0.3, -0.25) is 0 Å². The Morgan fingerprint density at radius 3 is 2.65 bits per heavy atom. The molecule has 1 fully saturated rings. The molecule has 0 saturated carbocycles. The first-order valence-electron chi connectivity index (χ1n) is 6.30. The van der Waals surface area contributed by atoms with Crippen molar-refractivity contribution in [3.05, 3.63) is 24.0 Å². The molecular formula is C13H16FNO4S. The van der Waals surface area contributed by atoms with Gasteiger partial charge in [-0.25, -0.2) is 17.6 Å². The molecule has 5 nitrogen and oxygen atoms in total. The molecule has 0 bridgehead atoms. The van der Waals surface area contributed by atoms with Gasteiger partial charge in [0.2, 0.25) is 0 Å². The van der Waals surface area contributed by atoms with Gasteiger partial charge >= 0.3 is 5.97 Å². The molecule has 0 spiro atoms. The number of rotatable bonds is 3. The van der Waals surface area contributed by atoms with Gasteiger partial charge in [-0.05, 0) is 37.5 Å². The highest BCUT2D eigenvalue weighted by molar-refractivity contribution is 7.90. The first-order chi connectivity index (χ1) is 9.30. The van der Waals surface area contributed by atoms with Gasteiger partial charge in [0.05, 0.1) is 10.6 Å². The SMILES string of the molecule is CS(=O)(=O)c1ccc(N2CCCCC2C(=O)O)c(F)c1. The van der Waals surface area contributed by atoms with Gasteiger partial charge in [0, 0.05) is 12.8 Å². The lowest BCUT2D eigenvalue weighted by Gasteiger charge is -2.35. The molecule has 110 valence electrons. The van der Waals surface area contributed by atoms with Gasteiger partial charge in [-0.2, -0.15) is 0 Å². The molecule has 1 heterocycles. The van der Waals surface area contributed by atoms with Gasteiger partial charge in [0.15, 0.2) is 9.84 Å². The van der Waals surface area contributed by atoms with Crippen LogP contribution in [0.2, 0.25) is 0 Å². The van der Waals surface area contributed by atoms with E-state index in [9.17, 15) is 22.7 Å². The maximum atomic E-state index is 14.1. The summed E-state index contributed by atoms with van der Waals surface area (Å²) in [5, 5.41) is 9.18. The van der Waals surface area contributed by atoms with Crippen LogP contribution >= 0.6 is 0 Å². The summed E-state index contributed by atoms with van der Waals surface area (Å²) >= 11 is 0. The van der Waals surface area contributed by atoms with Crippen molar-refractivity contribution in [2.45, 2.75) is 30.2 Å². The minimum atomic E-state index is -3.48. The highest BCUT2D eigenvalue weighted by Crippen LogP contribution is 2.29. The predicted molar refractivity (Wildman–Crippen MR) is 72.1 cm³/mol. The topological polar surface area (TPSA) is 74.7 Å². The van der Waals surface area contributed by atoms with Crippen molar-refractivity contribution in [3.8, 4) is 0 Å². The summed E-state index contributed by atoms with van der Waals surface area (Å²) in [4.78, 5) is 12.6. The van der Waals surface area contributed by atoms with Crippen molar-refractivity contribution >= 4 is 21.5 Å². The van der Waals surface area contributed by atoms with E-state index in [2.05, 4.69) is 0 Å². The Bertz CT molecular complexity index is 629. The number of carboxylic acids is 1. The Morgan fingerprint density at radius 2 is 2.10 bits per heavy atom. The summed E-state index contributed by atoms with van der Waals surface area (Å²) in [5.41, 5.74) is 0.143. The molecule has 1 saturated heterocycles. The molecule has 0 aromatic heterocycles. The predicted octanol–water partition coefficient (Wildman–Crippen LogP) is 1.67. The number of hydrogen-bond donors (Lipinski definition) is 1. The molecule has 1 unspecified atom stereocenters. The fraction of sp³-hybridized carbons (Fsp3) is 0.462. The van der Waals surface area contributed by atoms with Crippen LogP contribution in [-0.2, 0) is 14.6 Å². The zero-order valence-corrected chi connectivity index (χ0v) is 11.9. The van der Waals surface area contributed by atoms with Crippen LogP contribution in [0, 0.1) is 5.82 Å². The average Bonchev–Trinajstić information content (AvgIpc) is 2.37. The fourth-order valence-corrected chi connectivity index (χ4v) is 3.06. The van der Waals surface area contributed by atoms with Crippen LogP contribution in [0.4, 0.5) is 10.1 Å². The Hall–Kier alpha value is -1.63. The first-order valence-corrected chi connectivity index (χ1v) is 8.19. The zero-order chi connectivity index (χ0) is 14.9. The van der Waals surface area contributed by atoms with E-state index in [0.29, 0.717) is 13.0 Å². The number of carbonyl (C=O) groups is 1. The molecule has 2 rings (SSSR count). The van der Waals surface area contributed by atoms with Crippen LogP contribution in [-0.4, -0.2) is 38.3 Å². The van der Waals surface area contributed by atoms with Crippen molar-refractivity contribution in [2.24, 2.45) is 0 Å². The fourth-order valence-electron chi connectivity index (χ4n) is 2.43. The molecular weight excluding hydrogens is 285 g/mol. The highest BCUT2D eigenvalue weighted by Gasteiger charge is 2.30. The normalized spacial score (nSPS) is 19.9. The molecule has 0 radical (unpaired) electrons. The number of carboxylic acid groups (broad SMARTS) is 1. The van der Waals surface area contributed by atoms with E-state index in [4.69, 9.17) is 0 Å². The number of sulfone groups is 1. The lowest BCUT2D eigenvalue weighted by Crippen LogP contribution is -2.45. The Balaban J connectivity index is 2.39. The quantitative estimate of drug-likeness (QED) is 0.919. The van der Waals surface area contributed by atoms with E-state index in [1.54, 1.807) is 0 Å². The van der Waals surface area contributed by atoms with E-state index in [0.717, 1.165) is 25.2 Å². The van der Waals surface area contributed by atoms with E-state index in [-0.39, 0.29) is 10.6 Å². The van der Waals surface area contributed by atoms with E-state index < -0.39 is 27.7 Å². The van der Waals surface area contributed by atoms with Crippen molar-refractivity contribution in [1.82, 2.24) is 0 Å². The maximum absolute atomic E-state index is 14.1. The molecule has 1 aromatic rings. The second-order valence-corrected chi connectivity index (χ2v) is 6.94. The zero-order valence-electron chi connectivity index (χ0n) is 11.0. The van der Waals surface area contributed by atoms with E-state index in [1.807, 2.05) is 0 Å². The largest absolute Gasteiger partial charge is 0.480 e. The summed E-state index contributed by atoms with van der Waals surface area (Å²) in [7, 11) is -3.48. The summed E-state index contributed by atoms with van der Waals surface area (Å²) in [6.07, 6.45) is 3.04. The number of hydrogen-bond acceptors (Lipinski definition) is 4. The van der Waals surface area contributed by atoms with Crippen LogP contribution in [0.1, 0.15) is 19.3 Å². The van der Waals surface area contributed by atoms with Crippen LogP contribution in [0.25, 0.3) is 0 Å². The monoisotopic (exact) mass is 301 g/mol. The smallest absolute Gasteiger partial charge is 0.326 e. The number of aliphatic carboxylic acids is 1. The third-order valence-corrected chi connectivity index (χ3v) is 4.55. The third-order valence-electron chi connectivity index (χ3n) is 3.44. The summed E-state index contributed by atoms with van der Waals surface area (Å²) in [6, 6.07) is 2.83. The van der Waals surface area contributed by atoms with Gasteiger partial charge in [-0.1, -0.05) is 0 Å². The van der Waals surface area contributed by atoms with Gasteiger partial charge in [0.1, 0.15) is 11.9 Å². The number of anilines is 1. The van der Waals surface area contributed by atoms with Crippen molar-refractivity contribution in [2.75, 3.05) is 17.7 Å². The van der Waals surface area contributed by atoms with Crippen molar-refractivity contribution in [1.29, 1.82) is 0 Å². The summed E-state index contributed by atoms with van der Waals surface area (Å²) < 4.78 is 36.8. The maximum Gasteiger partial charge on any atom is 0.326 e. The Morgan fingerprint density at radius 1 is 1.40 bits per heavy atom. The second-order valence-electron chi connectivity index (χ2n) is 4.93. The molecule has 1 aromatic carbocycles. The highest BCUT2D eigenvalue weighted by atomic mass is 32.2. The first kappa shape index (κ1) is 14.8. The van der Waals surface area contributed by atoms with Crippen LogP contribution in [0.5, 0.6) is 0 Å². The minimum Gasteiger partial charge on any atom is -0.480 e. The second kappa shape index (κ2) is 5.40. The van der Waals surface area contributed by atoms with Crippen molar-refractivity contribution < 1.29 is 22.7 Å². The van der Waals surface area contributed by atoms with E-state index in [1.165, 1.54) is 17.0 Å². The van der Waals surface area contributed by atoms with Gasteiger partial charge < -0.3 is 10.0 Å². The molecule has 1 atom stereocenters. The summed E-state index contributed by atoms with van der Waals surface area (Å²) in [6.45, 7) is 0.451. The average molecular weight is 301 g/mol.